The summed E-state index contributed by atoms with van der Waals surface area (Å²) in [6.07, 6.45) is 1.32. The molecule has 5 rings (SSSR count). The number of aliphatic hydroxyl groups excluding tert-OH is 2. The number of aldehydes is 1. The Balaban J connectivity index is 1.57. The first-order valence-corrected chi connectivity index (χ1v) is 13.1. The van der Waals surface area contributed by atoms with E-state index in [1.165, 1.54) is 7.11 Å². The number of fused-ring (bicyclic) bond motifs is 2. The van der Waals surface area contributed by atoms with Crippen molar-refractivity contribution in [1.29, 1.82) is 0 Å². The molecule has 4 fully saturated rings. The SMILES string of the molecule is CO[C@@H]1[C@@H](C)O[C@@H](OCC23C[C@@H]4[C@H](C)CC[C@H]4C4(C=O)CC2C=C(C(C)C)C34C(=O)O)C(O)[C@@H]1O. The van der Waals surface area contributed by atoms with Gasteiger partial charge in [0.05, 0.1) is 18.1 Å². The van der Waals surface area contributed by atoms with Gasteiger partial charge in [0.25, 0.3) is 0 Å². The molecule has 3 N–H and O–H groups in total. The number of rotatable bonds is 7. The normalized spacial score (nSPS) is 52.5. The van der Waals surface area contributed by atoms with Gasteiger partial charge in [-0.1, -0.05) is 38.8 Å². The van der Waals surface area contributed by atoms with Crippen LogP contribution < -0.4 is 0 Å². The van der Waals surface area contributed by atoms with Crippen molar-refractivity contribution in [3.05, 3.63) is 11.6 Å². The lowest BCUT2D eigenvalue weighted by Gasteiger charge is -2.58. The highest BCUT2D eigenvalue weighted by Crippen LogP contribution is 2.82. The Labute approximate surface area is 207 Å². The number of ether oxygens (including phenoxy) is 3. The van der Waals surface area contributed by atoms with Gasteiger partial charge >= 0.3 is 5.97 Å². The van der Waals surface area contributed by atoms with Gasteiger partial charge in [0.15, 0.2) is 6.29 Å². The van der Waals surface area contributed by atoms with E-state index in [0.29, 0.717) is 18.8 Å². The molecule has 4 aliphatic carbocycles. The summed E-state index contributed by atoms with van der Waals surface area (Å²) in [5, 5.41) is 32.3. The molecule has 0 radical (unpaired) electrons. The number of methoxy groups -OCH3 is 1. The Morgan fingerprint density at radius 2 is 1.94 bits per heavy atom. The van der Waals surface area contributed by atoms with Gasteiger partial charge in [0, 0.05) is 12.5 Å². The molecule has 1 saturated heterocycles. The van der Waals surface area contributed by atoms with Crippen molar-refractivity contribution >= 4 is 12.3 Å². The van der Waals surface area contributed by atoms with E-state index in [1.54, 1.807) is 6.92 Å². The summed E-state index contributed by atoms with van der Waals surface area (Å²) < 4.78 is 17.4. The topological polar surface area (TPSA) is 123 Å². The summed E-state index contributed by atoms with van der Waals surface area (Å²) in [5.41, 5.74) is -2.28. The molecule has 12 atom stereocenters. The third kappa shape index (κ3) is 2.92. The van der Waals surface area contributed by atoms with Crippen LogP contribution >= 0.6 is 0 Å². The molecule has 5 unspecified atom stereocenters. The standard InChI is InChI=1S/C27H40O8/c1-13(2)19-8-16-9-25(11-28)18-7-6-14(3)17(18)10-26(16,27(19,25)24(31)32)12-34-23-21(30)20(29)22(33-5)15(4)35-23/h8,11,13-18,20-23,29-30H,6-7,9-10,12H2,1-5H3,(H,31,32)/t14-,15-,16?,17-,18-,20+,21?,22-,23-,25?,26?,27?/m1/s1. The molecule has 0 aromatic rings. The molecule has 3 saturated carbocycles. The largest absolute Gasteiger partial charge is 0.481 e. The van der Waals surface area contributed by atoms with E-state index in [4.69, 9.17) is 14.2 Å². The molecule has 0 spiro atoms. The van der Waals surface area contributed by atoms with Crippen LogP contribution in [0.25, 0.3) is 0 Å². The predicted octanol–water partition coefficient (Wildman–Crippen LogP) is 2.41. The number of carboxylic acid groups (broad SMARTS) is 1. The lowest BCUT2D eigenvalue weighted by Crippen LogP contribution is -2.64. The first-order chi connectivity index (χ1) is 16.5. The number of carbonyl (C=O) groups excluding carboxylic acids is 1. The van der Waals surface area contributed by atoms with Crippen molar-refractivity contribution in [3.63, 3.8) is 0 Å². The predicted molar refractivity (Wildman–Crippen MR) is 125 cm³/mol. The van der Waals surface area contributed by atoms with E-state index >= 15 is 0 Å². The maximum atomic E-state index is 13.5. The van der Waals surface area contributed by atoms with Crippen molar-refractivity contribution in [1.82, 2.24) is 0 Å². The molecule has 35 heavy (non-hydrogen) atoms. The van der Waals surface area contributed by atoms with Crippen LogP contribution in [0.2, 0.25) is 0 Å². The summed E-state index contributed by atoms with van der Waals surface area (Å²) in [6, 6.07) is 0. The fraction of sp³-hybridized carbons (Fsp3) is 0.852. The number of allylic oxidation sites excluding steroid dienone is 1. The van der Waals surface area contributed by atoms with Crippen LogP contribution in [0, 0.1) is 45.8 Å². The van der Waals surface area contributed by atoms with Crippen molar-refractivity contribution < 1.29 is 39.1 Å². The van der Waals surface area contributed by atoms with E-state index < -0.39 is 52.9 Å². The Hall–Kier alpha value is -1.32. The second-order valence-corrected chi connectivity index (χ2v) is 12.2. The van der Waals surface area contributed by atoms with E-state index in [1.807, 2.05) is 13.8 Å². The van der Waals surface area contributed by atoms with Crippen molar-refractivity contribution in [2.24, 2.45) is 45.8 Å². The van der Waals surface area contributed by atoms with E-state index in [9.17, 15) is 24.9 Å². The summed E-state index contributed by atoms with van der Waals surface area (Å²) in [6.45, 7) is 8.02. The molecule has 0 aromatic heterocycles. The minimum absolute atomic E-state index is 0.0219. The van der Waals surface area contributed by atoms with Crippen molar-refractivity contribution in [3.8, 4) is 0 Å². The fourth-order valence-electron chi connectivity index (χ4n) is 9.34. The number of hydrogen-bond acceptors (Lipinski definition) is 7. The third-order valence-electron chi connectivity index (χ3n) is 10.7. The average molecular weight is 493 g/mol. The van der Waals surface area contributed by atoms with Crippen LogP contribution in [0.4, 0.5) is 0 Å². The Morgan fingerprint density at radius 3 is 2.54 bits per heavy atom. The van der Waals surface area contributed by atoms with Gasteiger partial charge in [-0.2, -0.15) is 0 Å². The second-order valence-electron chi connectivity index (χ2n) is 12.2. The highest BCUT2D eigenvalue weighted by Gasteiger charge is 2.84. The van der Waals surface area contributed by atoms with Gasteiger partial charge < -0.3 is 34.3 Å². The van der Waals surface area contributed by atoms with Crippen molar-refractivity contribution in [2.75, 3.05) is 13.7 Å². The minimum Gasteiger partial charge on any atom is -0.481 e. The van der Waals surface area contributed by atoms with E-state index in [-0.39, 0.29) is 30.3 Å². The molecule has 0 amide bonds. The number of hydrogen-bond donors (Lipinski definition) is 3. The monoisotopic (exact) mass is 492 g/mol. The second kappa shape index (κ2) is 8.35. The summed E-state index contributed by atoms with van der Waals surface area (Å²) in [4.78, 5) is 26.5. The fourth-order valence-corrected chi connectivity index (χ4v) is 9.34. The lowest BCUT2D eigenvalue weighted by molar-refractivity contribution is -0.306. The summed E-state index contributed by atoms with van der Waals surface area (Å²) in [5.74, 6) is -0.358. The van der Waals surface area contributed by atoms with Crippen LogP contribution in [0.5, 0.6) is 0 Å². The van der Waals surface area contributed by atoms with Gasteiger partial charge in [-0.3, -0.25) is 4.79 Å². The zero-order valence-corrected chi connectivity index (χ0v) is 21.3. The van der Waals surface area contributed by atoms with Gasteiger partial charge in [-0.25, -0.2) is 0 Å². The molecule has 8 heteroatoms. The molecule has 5 aliphatic rings. The molecule has 4 bridgehead atoms. The number of aliphatic hydroxyl groups is 2. The third-order valence-corrected chi connectivity index (χ3v) is 10.7. The molecule has 1 aliphatic heterocycles. The molecule has 196 valence electrons. The molecule has 1 heterocycles. The molecule has 0 aromatic carbocycles. The van der Waals surface area contributed by atoms with Gasteiger partial charge in [-0.15, -0.1) is 0 Å². The van der Waals surface area contributed by atoms with E-state index in [0.717, 1.165) is 24.7 Å². The van der Waals surface area contributed by atoms with Crippen molar-refractivity contribution in [2.45, 2.75) is 84.1 Å². The molecular formula is C27H40O8. The summed E-state index contributed by atoms with van der Waals surface area (Å²) in [7, 11) is 1.45. The van der Waals surface area contributed by atoms with Crippen LogP contribution in [-0.2, 0) is 23.8 Å². The number of carbonyl (C=O) groups is 2. The van der Waals surface area contributed by atoms with Gasteiger partial charge in [0.2, 0.25) is 0 Å². The Kier molecular flexibility index (Phi) is 6.04. The Bertz CT molecular complexity index is 917. The van der Waals surface area contributed by atoms with Crippen LogP contribution in [0.1, 0.15) is 53.4 Å². The van der Waals surface area contributed by atoms with Crippen LogP contribution in [0.3, 0.4) is 0 Å². The number of aliphatic carboxylic acids is 1. The summed E-state index contributed by atoms with van der Waals surface area (Å²) >= 11 is 0. The zero-order valence-electron chi connectivity index (χ0n) is 21.3. The quantitative estimate of drug-likeness (QED) is 0.366. The smallest absolute Gasteiger partial charge is 0.315 e. The first kappa shape index (κ1) is 25.3. The maximum Gasteiger partial charge on any atom is 0.315 e. The minimum atomic E-state index is -1.34. The average Bonchev–Trinajstić information content (AvgIpc) is 3.38. The Morgan fingerprint density at radius 1 is 1.23 bits per heavy atom. The number of carboxylic acids is 1. The van der Waals surface area contributed by atoms with Crippen LogP contribution in [-0.4, -0.2) is 72.0 Å². The zero-order chi connectivity index (χ0) is 25.5. The molecular weight excluding hydrogens is 452 g/mol. The van der Waals surface area contributed by atoms with Gasteiger partial charge in [-0.05, 0) is 55.8 Å². The van der Waals surface area contributed by atoms with Crippen LogP contribution in [0.15, 0.2) is 11.6 Å². The highest BCUT2D eigenvalue weighted by molar-refractivity contribution is 5.90. The maximum absolute atomic E-state index is 13.5. The molecule has 8 nitrogen and oxygen atoms in total. The highest BCUT2D eigenvalue weighted by atomic mass is 16.7. The van der Waals surface area contributed by atoms with E-state index in [2.05, 4.69) is 13.0 Å². The van der Waals surface area contributed by atoms with Gasteiger partial charge in [0.1, 0.15) is 30.0 Å². The lowest BCUT2D eigenvalue weighted by atomic mass is 9.43. The first-order valence-electron chi connectivity index (χ1n) is 13.1.